The van der Waals surface area contributed by atoms with Crippen LogP contribution in [0.15, 0.2) is 0 Å². The molecule has 80 valence electrons. The molecule has 2 nitrogen and oxygen atoms in total. The van der Waals surface area contributed by atoms with Crippen molar-refractivity contribution in [3.05, 3.63) is 0 Å². The third kappa shape index (κ3) is 1.04. The lowest BCUT2D eigenvalue weighted by Crippen LogP contribution is -2.58. The van der Waals surface area contributed by atoms with E-state index in [2.05, 4.69) is 13.8 Å². The summed E-state index contributed by atoms with van der Waals surface area (Å²) < 4.78 is 5.39. The van der Waals surface area contributed by atoms with Crippen LogP contribution in [0.3, 0.4) is 0 Å². The summed E-state index contributed by atoms with van der Waals surface area (Å²) >= 11 is 0. The SMILES string of the molecule is CC1(C)[C@@H]2C[C@H]3CC(O)OC[C@H]3[C@H]1C2. The molecular formula is C12H20O2. The van der Waals surface area contributed by atoms with Crippen LogP contribution in [0.25, 0.3) is 0 Å². The molecule has 1 saturated heterocycles. The molecule has 0 radical (unpaired) electrons. The summed E-state index contributed by atoms with van der Waals surface area (Å²) in [6.45, 7) is 5.62. The maximum absolute atomic E-state index is 9.46. The maximum atomic E-state index is 9.46. The van der Waals surface area contributed by atoms with Crippen molar-refractivity contribution in [3.63, 3.8) is 0 Å². The van der Waals surface area contributed by atoms with Crippen LogP contribution in [-0.4, -0.2) is 18.0 Å². The van der Waals surface area contributed by atoms with E-state index >= 15 is 0 Å². The molecule has 4 aliphatic rings. The third-order valence-corrected chi connectivity index (χ3v) is 5.24. The van der Waals surface area contributed by atoms with Crippen LogP contribution >= 0.6 is 0 Å². The Morgan fingerprint density at radius 2 is 2.00 bits per heavy atom. The van der Waals surface area contributed by atoms with Gasteiger partial charge in [0.2, 0.25) is 0 Å². The van der Waals surface area contributed by atoms with Crippen molar-refractivity contribution in [1.29, 1.82) is 0 Å². The summed E-state index contributed by atoms with van der Waals surface area (Å²) in [5, 5.41) is 9.46. The van der Waals surface area contributed by atoms with E-state index in [0.717, 1.165) is 36.7 Å². The summed E-state index contributed by atoms with van der Waals surface area (Å²) in [5.74, 6) is 3.26. The average molecular weight is 196 g/mol. The Balaban J connectivity index is 1.79. The Bertz CT molecular complexity index is 249. The normalized spacial score (nSPS) is 54.6. The number of aliphatic hydroxyl groups is 1. The van der Waals surface area contributed by atoms with Gasteiger partial charge in [0.15, 0.2) is 6.29 Å². The molecule has 0 spiro atoms. The minimum Gasteiger partial charge on any atom is -0.368 e. The fourth-order valence-electron chi connectivity index (χ4n) is 4.12. The van der Waals surface area contributed by atoms with Crippen molar-refractivity contribution in [3.8, 4) is 0 Å². The Kier molecular flexibility index (Phi) is 1.79. The topological polar surface area (TPSA) is 29.5 Å². The molecule has 1 heterocycles. The Morgan fingerprint density at radius 3 is 2.71 bits per heavy atom. The highest BCUT2D eigenvalue weighted by atomic mass is 16.6. The smallest absolute Gasteiger partial charge is 0.154 e. The van der Waals surface area contributed by atoms with Crippen molar-refractivity contribution in [2.75, 3.05) is 6.61 Å². The van der Waals surface area contributed by atoms with Gasteiger partial charge in [-0.25, -0.2) is 0 Å². The maximum Gasteiger partial charge on any atom is 0.154 e. The van der Waals surface area contributed by atoms with Gasteiger partial charge in [-0.2, -0.15) is 0 Å². The molecule has 5 atom stereocenters. The lowest BCUT2D eigenvalue weighted by atomic mass is 9.43. The molecule has 4 fully saturated rings. The number of aliphatic hydroxyl groups excluding tert-OH is 1. The predicted octanol–water partition coefficient (Wildman–Crippen LogP) is 2.02. The summed E-state index contributed by atoms with van der Waals surface area (Å²) in [4.78, 5) is 0. The van der Waals surface area contributed by atoms with Crippen molar-refractivity contribution in [2.45, 2.75) is 39.4 Å². The second-order valence-corrected chi connectivity index (χ2v) is 6.04. The molecule has 2 heteroatoms. The highest BCUT2D eigenvalue weighted by molar-refractivity contribution is 5.06. The molecule has 3 saturated carbocycles. The zero-order valence-corrected chi connectivity index (χ0v) is 9.07. The highest BCUT2D eigenvalue weighted by Crippen LogP contribution is 2.64. The summed E-state index contributed by atoms with van der Waals surface area (Å²) in [6, 6.07) is 0. The van der Waals surface area contributed by atoms with Crippen LogP contribution in [-0.2, 0) is 4.74 Å². The van der Waals surface area contributed by atoms with Gasteiger partial charge in [-0.15, -0.1) is 0 Å². The molecular weight excluding hydrogens is 176 g/mol. The average Bonchev–Trinajstić information content (AvgIpc) is 2.16. The highest BCUT2D eigenvalue weighted by Gasteiger charge is 2.58. The monoisotopic (exact) mass is 196 g/mol. The Morgan fingerprint density at radius 1 is 1.21 bits per heavy atom. The van der Waals surface area contributed by atoms with Gasteiger partial charge < -0.3 is 9.84 Å². The van der Waals surface area contributed by atoms with Gasteiger partial charge in [0.1, 0.15) is 0 Å². The quantitative estimate of drug-likeness (QED) is 0.642. The lowest BCUT2D eigenvalue weighted by Gasteiger charge is -2.63. The first-order chi connectivity index (χ1) is 6.59. The summed E-state index contributed by atoms with van der Waals surface area (Å²) in [6.07, 6.45) is 3.15. The van der Waals surface area contributed by atoms with Crippen LogP contribution < -0.4 is 0 Å². The van der Waals surface area contributed by atoms with Gasteiger partial charge >= 0.3 is 0 Å². The molecule has 1 unspecified atom stereocenters. The van der Waals surface area contributed by atoms with E-state index in [0.29, 0.717) is 5.41 Å². The number of hydrogen-bond donors (Lipinski definition) is 1. The van der Waals surface area contributed by atoms with E-state index in [9.17, 15) is 5.11 Å². The van der Waals surface area contributed by atoms with Crippen molar-refractivity contribution >= 4 is 0 Å². The second kappa shape index (κ2) is 2.73. The molecule has 2 bridgehead atoms. The predicted molar refractivity (Wildman–Crippen MR) is 53.6 cm³/mol. The largest absolute Gasteiger partial charge is 0.368 e. The molecule has 0 aromatic heterocycles. The molecule has 1 aliphatic heterocycles. The van der Waals surface area contributed by atoms with Crippen molar-refractivity contribution in [1.82, 2.24) is 0 Å². The van der Waals surface area contributed by atoms with E-state index in [1.807, 2.05) is 0 Å². The van der Waals surface area contributed by atoms with Crippen LogP contribution in [0.1, 0.15) is 33.1 Å². The molecule has 0 amide bonds. The van der Waals surface area contributed by atoms with Crippen LogP contribution in [0, 0.1) is 29.1 Å². The number of ether oxygens (including phenoxy) is 1. The summed E-state index contributed by atoms with van der Waals surface area (Å²) in [5.41, 5.74) is 0.548. The summed E-state index contributed by atoms with van der Waals surface area (Å²) in [7, 11) is 0. The Hall–Kier alpha value is -0.0800. The van der Waals surface area contributed by atoms with E-state index in [4.69, 9.17) is 4.74 Å². The molecule has 0 aromatic carbocycles. The molecule has 0 aromatic rings. The molecule has 14 heavy (non-hydrogen) atoms. The third-order valence-electron chi connectivity index (χ3n) is 5.24. The first-order valence-corrected chi connectivity index (χ1v) is 5.88. The van der Waals surface area contributed by atoms with Gasteiger partial charge in [-0.1, -0.05) is 13.8 Å². The van der Waals surface area contributed by atoms with Crippen molar-refractivity contribution in [2.24, 2.45) is 29.1 Å². The minimum absolute atomic E-state index is 0.475. The zero-order valence-electron chi connectivity index (χ0n) is 9.07. The van der Waals surface area contributed by atoms with Crippen molar-refractivity contribution < 1.29 is 9.84 Å². The van der Waals surface area contributed by atoms with E-state index in [-0.39, 0.29) is 0 Å². The van der Waals surface area contributed by atoms with E-state index in [1.54, 1.807) is 0 Å². The molecule has 1 N–H and O–H groups in total. The van der Waals surface area contributed by atoms with Gasteiger partial charge in [-0.3, -0.25) is 0 Å². The van der Waals surface area contributed by atoms with Gasteiger partial charge in [0, 0.05) is 6.42 Å². The first-order valence-electron chi connectivity index (χ1n) is 5.88. The van der Waals surface area contributed by atoms with E-state index in [1.165, 1.54) is 12.8 Å². The van der Waals surface area contributed by atoms with Gasteiger partial charge in [0.25, 0.3) is 0 Å². The molecule has 3 aliphatic carbocycles. The van der Waals surface area contributed by atoms with Crippen LogP contribution in [0.5, 0.6) is 0 Å². The number of hydrogen-bond acceptors (Lipinski definition) is 2. The van der Waals surface area contributed by atoms with Crippen LogP contribution in [0.2, 0.25) is 0 Å². The number of rotatable bonds is 0. The zero-order chi connectivity index (χ0) is 9.92. The standard InChI is InChI=1S/C12H20O2/c1-12(2)8-3-7-4-11(13)14-6-9(7)10(12)5-8/h7-11,13H,3-6H2,1-2H3/t7-,8+,9+,10+,11?/m0/s1. The fourth-order valence-corrected chi connectivity index (χ4v) is 4.12. The first kappa shape index (κ1) is 9.17. The second-order valence-electron chi connectivity index (χ2n) is 6.04. The van der Waals surface area contributed by atoms with Gasteiger partial charge in [0.05, 0.1) is 6.61 Å². The van der Waals surface area contributed by atoms with Gasteiger partial charge in [-0.05, 0) is 41.9 Å². The Labute approximate surface area is 85.6 Å². The molecule has 4 rings (SSSR count). The fraction of sp³-hybridized carbons (Fsp3) is 1.00. The minimum atomic E-state index is -0.475. The lowest BCUT2D eigenvalue weighted by molar-refractivity contribution is -0.229. The van der Waals surface area contributed by atoms with E-state index < -0.39 is 6.29 Å². The van der Waals surface area contributed by atoms with Crippen LogP contribution in [0.4, 0.5) is 0 Å².